The molecule has 7 nitrogen and oxygen atoms in total. The number of aliphatic hydroxyl groups is 1. The van der Waals surface area contributed by atoms with Crippen LogP contribution in [-0.4, -0.2) is 38.2 Å². The Hall–Kier alpha value is -2.88. The van der Waals surface area contributed by atoms with Crippen molar-refractivity contribution in [1.29, 1.82) is 0 Å². The molecule has 0 amide bonds. The number of anilines is 2. The van der Waals surface area contributed by atoms with Gasteiger partial charge in [0.15, 0.2) is 0 Å². The van der Waals surface area contributed by atoms with Gasteiger partial charge in [-0.1, -0.05) is 12.1 Å². The molecule has 0 bridgehead atoms. The molecule has 4 rings (SSSR count). The van der Waals surface area contributed by atoms with Gasteiger partial charge in [0.25, 0.3) is 5.95 Å². The number of β-amino-alcohol motifs (C(OH)–C–C–N with tert-alkyl or cyclic N) is 1. The molecule has 9 heteroatoms. The van der Waals surface area contributed by atoms with Crippen LogP contribution in [0.4, 0.5) is 20.4 Å². The topological polar surface area (TPSA) is 86.4 Å². The second-order valence-corrected chi connectivity index (χ2v) is 6.56. The lowest BCUT2D eigenvalue weighted by Gasteiger charge is -2.38. The first-order valence-corrected chi connectivity index (χ1v) is 8.27. The Morgan fingerprint density at radius 1 is 1.15 bits per heavy atom. The van der Waals surface area contributed by atoms with Gasteiger partial charge >= 0.3 is 0 Å². The van der Waals surface area contributed by atoms with Crippen molar-refractivity contribution in [2.24, 2.45) is 0 Å². The number of nitrogens with zero attached hydrogens (tertiary/aromatic N) is 4. The molecule has 0 spiro atoms. The van der Waals surface area contributed by atoms with E-state index in [1.165, 1.54) is 6.33 Å². The standard InChI is InChI=1S/C18H17F2N5O2/c1-11-4-12(18(26)8-21-9-18)2-3-16(11)25(27)17-22-10-24(23-17)15-6-13(19)5-14(20)7-15/h2-7,10,21,26-27H,8-9H2,1H3. The second-order valence-electron chi connectivity index (χ2n) is 6.56. The highest BCUT2D eigenvalue weighted by Crippen LogP contribution is 2.31. The van der Waals surface area contributed by atoms with Crippen LogP contribution in [0.15, 0.2) is 42.7 Å². The third kappa shape index (κ3) is 3.16. The van der Waals surface area contributed by atoms with E-state index in [1.54, 1.807) is 25.1 Å². The molecule has 0 radical (unpaired) electrons. The summed E-state index contributed by atoms with van der Waals surface area (Å²) in [4.78, 5) is 3.99. The number of aryl methyl sites for hydroxylation is 1. The average molecular weight is 373 g/mol. The highest BCUT2D eigenvalue weighted by Gasteiger charge is 2.36. The highest BCUT2D eigenvalue weighted by molar-refractivity contribution is 5.60. The lowest BCUT2D eigenvalue weighted by Crippen LogP contribution is -2.56. The summed E-state index contributed by atoms with van der Waals surface area (Å²) >= 11 is 0. The van der Waals surface area contributed by atoms with Gasteiger partial charge in [0.1, 0.15) is 23.6 Å². The molecule has 27 heavy (non-hydrogen) atoms. The van der Waals surface area contributed by atoms with E-state index in [0.717, 1.165) is 33.5 Å². The minimum atomic E-state index is -0.898. The van der Waals surface area contributed by atoms with E-state index in [1.807, 2.05) is 0 Å². The SMILES string of the molecule is Cc1cc(C2(O)CNC2)ccc1N(O)c1ncn(-c2cc(F)cc(F)c2)n1. The van der Waals surface area contributed by atoms with Crippen LogP contribution in [0.5, 0.6) is 0 Å². The highest BCUT2D eigenvalue weighted by atomic mass is 19.1. The molecule has 1 aliphatic heterocycles. The summed E-state index contributed by atoms with van der Waals surface area (Å²) in [5.74, 6) is -1.53. The minimum absolute atomic E-state index is 0.0560. The number of halogens is 2. The van der Waals surface area contributed by atoms with Crippen molar-refractivity contribution in [1.82, 2.24) is 20.1 Å². The molecule has 2 aromatic carbocycles. The Kier molecular flexibility index (Phi) is 4.14. The van der Waals surface area contributed by atoms with E-state index < -0.39 is 17.2 Å². The summed E-state index contributed by atoms with van der Waals surface area (Å²) in [5, 5.41) is 28.8. The summed E-state index contributed by atoms with van der Waals surface area (Å²) < 4.78 is 27.9. The Bertz CT molecular complexity index is 983. The fourth-order valence-electron chi connectivity index (χ4n) is 3.00. The Morgan fingerprint density at radius 2 is 1.85 bits per heavy atom. The summed E-state index contributed by atoms with van der Waals surface area (Å²) in [6.45, 7) is 2.74. The number of aromatic nitrogens is 3. The third-order valence-corrected chi connectivity index (χ3v) is 4.58. The molecule has 1 aromatic heterocycles. The smallest absolute Gasteiger partial charge is 0.273 e. The maximum Gasteiger partial charge on any atom is 0.273 e. The predicted molar refractivity (Wildman–Crippen MR) is 93.1 cm³/mol. The zero-order valence-corrected chi connectivity index (χ0v) is 14.4. The molecule has 140 valence electrons. The number of benzene rings is 2. The molecule has 3 N–H and O–H groups in total. The van der Waals surface area contributed by atoms with E-state index in [2.05, 4.69) is 15.4 Å². The molecule has 0 atom stereocenters. The Morgan fingerprint density at radius 3 is 2.44 bits per heavy atom. The second kappa shape index (κ2) is 6.38. The van der Waals surface area contributed by atoms with Crippen molar-refractivity contribution in [2.45, 2.75) is 12.5 Å². The van der Waals surface area contributed by atoms with Crippen molar-refractivity contribution in [2.75, 3.05) is 18.2 Å². The van der Waals surface area contributed by atoms with Gasteiger partial charge in [0.05, 0.1) is 11.4 Å². The zero-order valence-electron chi connectivity index (χ0n) is 14.4. The number of nitrogens with one attached hydrogen (secondary N) is 1. The minimum Gasteiger partial charge on any atom is -0.382 e. The third-order valence-electron chi connectivity index (χ3n) is 4.58. The van der Waals surface area contributed by atoms with Crippen molar-refractivity contribution in [3.63, 3.8) is 0 Å². The summed E-state index contributed by atoms with van der Waals surface area (Å²) in [6.07, 6.45) is 1.25. The number of hydrogen-bond donors (Lipinski definition) is 3. The first-order chi connectivity index (χ1) is 12.9. The van der Waals surface area contributed by atoms with E-state index in [4.69, 9.17) is 0 Å². The molecule has 1 fully saturated rings. The van der Waals surface area contributed by atoms with Gasteiger partial charge in [0, 0.05) is 19.2 Å². The zero-order chi connectivity index (χ0) is 19.2. The quantitative estimate of drug-likeness (QED) is 0.608. The van der Waals surface area contributed by atoms with Crippen LogP contribution >= 0.6 is 0 Å². The molecule has 0 aliphatic carbocycles. The molecule has 1 saturated heterocycles. The van der Waals surface area contributed by atoms with E-state index in [9.17, 15) is 19.1 Å². The Balaban J connectivity index is 1.62. The summed E-state index contributed by atoms with van der Waals surface area (Å²) in [6, 6.07) is 8.15. The van der Waals surface area contributed by atoms with E-state index >= 15 is 0 Å². The van der Waals surface area contributed by atoms with Crippen LogP contribution in [0.1, 0.15) is 11.1 Å². The molecule has 0 saturated carbocycles. The fourth-order valence-corrected chi connectivity index (χ4v) is 3.00. The Labute approximate surface area is 153 Å². The maximum atomic E-state index is 13.4. The van der Waals surface area contributed by atoms with Crippen molar-refractivity contribution in [3.05, 3.63) is 65.5 Å². The van der Waals surface area contributed by atoms with Gasteiger partial charge in [0.2, 0.25) is 0 Å². The molecular weight excluding hydrogens is 356 g/mol. The van der Waals surface area contributed by atoms with Gasteiger partial charge in [-0.25, -0.2) is 13.5 Å². The lowest BCUT2D eigenvalue weighted by atomic mass is 9.87. The molecule has 2 heterocycles. The number of hydrogen-bond acceptors (Lipinski definition) is 6. The normalized spacial score (nSPS) is 15.4. The van der Waals surface area contributed by atoms with Crippen LogP contribution in [-0.2, 0) is 5.60 Å². The van der Waals surface area contributed by atoms with Gasteiger partial charge in [-0.05, 0) is 36.2 Å². The predicted octanol–water partition coefficient (Wildman–Crippen LogP) is 2.17. The molecule has 0 unspecified atom stereocenters. The maximum absolute atomic E-state index is 13.4. The molecule has 3 aromatic rings. The first kappa shape index (κ1) is 17.5. The van der Waals surface area contributed by atoms with Crippen LogP contribution < -0.4 is 10.4 Å². The summed E-state index contributed by atoms with van der Waals surface area (Å²) in [7, 11) is 0. The number of rotatable bonds is 4. The van der Waals surface area contributed by atoms with Gasteiger partial charge in [-0.2, -0.15) is 10.0 Å². The van der Waals surface area contributed by atoms with Crippen molar-refractivity contribution in [3.8, 4) is 5.69 Å². The summed E-state index contributed by atoms with van der Waals surface area (Å²) in [5.41, 5.74) is 1.14. The van der Waals surface area contributed by atoms with E-state index in [0.29, 0.717) is 24.3 Å². The van der Waals surface area contributed by atoms with Crippen LogP contribution in [0.2, 0.25) is 0 Å². The van der Waals surface area contributed by atoms with Gasteiger partial charge in [-0.15, -0.1) is 5.10 Å². The molecule has 1 aliphatic rings. The average Bonchev–Trinajstić information content (AvgIpc) is 3.08. The van der Waals surface area contributed by atoms with Crippen LogP contribution in [0.25, 0.3) is 5.69 Å². The van der Waals surface area contributed by atoms with E-state index in [-0.39, 0.29) is 11.6 Å². The largest absolute Gasteiger partial charge is 0.382 e. The van der Waals surface area contributed by atoms with Crippen LogP contribution in [0, 0.1) is 18.6 Å². The van der Waals surface area contributed by atoms with Crippen molar-refractivity contribution < 1.29 is 19.1 Å². The molecular formula is C18H17F2N5O2. The van der Waals surface area contributed by atoms with Crippen LogP contribution in [0.3, 0.4) is 0 Å². The van der Waals surface area contributed by atoms with Gasteiger partial charge < -0.3 is 10.4 Å². The first-order valence-electron chi connectivity index (χ1n) is 8.27. The van der Waals surface area contributed by atoms with Gasteiger partial charge in [-0.3, -0.25) is 5.21 Å². The lowest BCUT2D eigenvalue weighted by molar-refractivity contribution is -0.0147. The fraction of sp³-hybridized carbons (Fsp3) is 0.222. The van der Waals surface area contributed by atoms with Crippen molar-refractivity contribution >= 4 is 11.6 Å². The monoisotopic (exact) mass is 373 g/mol.